The van der Waals surface area contributed by atoms with Crippen LogP contribution in [0.1, 0.15) is 19.8 Å². The minimum atomic E-state index is -0.849. The summed E-state index contributed by atoms with van der Waals surface area (Å²) in [5.41, 5.74) is 0. The van der Waals surface area contributed by atoms with Crippen LogP contribution in [0, 0.1) is 5.92 Å². The highest BCUT2D eigenvalue weighted by Crippen LogP contribution is 2.37. The minimum absolute atomic E-state index is 0.147. The molecule has 2 rings (SSSR count). The van der Waals surface area contributed by atoms with E-state index in [2.05, 4.69) is 0 Å². The summed E-state index contributed by atoms with van der Waals surface area (Å²) in [4.78, 5) is 10.9. The van der Waals surface area contributed by atoms with E-state index in [0.717, 1.165) is 0 Å². The highest BCUT2D eigenvalue weighted by molar-refractivity contribution is 4.88. The number of aliphatic hydroxyl groups excluding tert-OH is 2. The van der Waals surface area contributed by atoms with Gasteiger partial charge in [0.2, 0.25) is 0 Å². The number of aliphatic hydroxyl groups is 2. The first-order chi connectivity index (χ1) is 8.56. The summed E-state index contributed by atoms with van der Waals surface area (Å²) in [7, 11) is 3.08. The van der Waals surface area contributed by atoms with Gasteiger partial charge in [-0.1, -0.05) is 5.23 Å². The van der Waals surface area contributed by atoms with E-state index in [9.17, 15) is 10.2 Å². The van der Waals surface area contributed by atoms with E-state index in [1.807, 2.05) is 0 Å². The van der Waals surface area contributed by atoms with E-state index in [0.29, 0.717) is 12.8 Å². The Bertz CT molecular complexity index is 276. The Hall–Kier alpha value is -0.280. The third kappa shape index (κ3) is 2.67. The first-order valence-corrected chi connectivity index (χ1v) is 6.11. The van der Waals surface area contributed by atoms with Gasteiger partial charge in [-0.2, -0.15) is 0 Å². The fourth-order valence-electron chi connectivity index (χ4n) is 2.50. The molecule has 7 heteroatoms. The van der Waals surface area contributed by atoms with Gasteiger partial charge in [0.05, 0.1) is 18.2 Å². The van der Waals surface area contributed by atoms with Gasteiger partial charge < -0.3 is 19.7 Å². The van der Waals surface area contributed by atoms with Crippen LogP contribution in [0.2, 0.25) is 0 Å². The van der Waals surface area contributed by atoms with Crippen LogP contribution in [0.4, 0.5) is 0 Å². The molecule has 2 unspecified atom stereocenters. The zero-order valence-electron chi connectivity index (χ0n) is 10.9. The van der Waals surface area contributed by atoms with Crippen LogP contribution in [0.5, 0.6) is 0 Å². The standard InChI is InChI=1S/C11H21NO6/c1-6(13)11(14)7-4-9(15-2)17-12-8(7)5-10(16-3)18-12/h6-11,13-14H,4-5H2,1-3H3/t6?,7-,8-,9+,10-,11?/m1/s1. The summed E-state index contributed by atoms with van der Waals surface area (Å²) in [5, 5.41) is 21.0. The number of methoxy groups -OCH3 is 2. The molecule has 2 heterocycles. The first kappa shape index (κ1) is 14.1. The maximum absolute atomic E-state index is 10.1. The molecule has 0 bridgehead atoms. The third-order valence-corrected chi connectivity index (χ3v) is 3.57. The number of fused-ring (bicyclic) bond motifs is 1. The maximum atomic E-state index is 10.1. The van der Waals surface area contributed by atoms with Gasteiger partial charge >= 0.3 is 0 Å². The van der Waals surface area contributed by atoms with Crippen LogP contribution in [0.3, 0.4) is 0 Å². The van der Waals surface area contributed by atoms with E-state index < -0.39 is 24.8 Å². The molecule has 2 aliphatic heterocycles. The lowest BCUT2D eigenvalue weighted by Gasteiger charge is -2.40. The predicted molar refractivity (Wildman–Crippen MR) is 59.8 cm³/mol. The van der Waals surface area contributed by atoms with E-state index in [-0.39, 0.29) is 12.0 Å². The van der Waals surface area contributed by atoms with Crippen molar-refractivity contribution in [3.8, 4) is 0 Å². The summed E-state index contributed by atoms with van der Waals surface area (Å²) in [6.45, 7) is 1.57. The maximum Gasteiger partial charge on any atom is 0.181 e. The second-order valence-corrected chi connectivity index (χ2v) is 4.76. The van der Waals surface area contributed by atoms with Crippen LogP contribution >= 0.6 is 0 Å². The van der Waals surface area contributed by atoms with E-state index in [1.54, 1.807) is 14.0 Å². The van der Waals surface area contributed by atoms with Crippen molar-refractivity contribution in [3.63, 3.8) is 0 Å². The van der Waals surface area contributed by atoms with Gasteiger partial charge in [-0.15, -0.1) is 0 Å². The number of hydroxylamine groups is 2. The molecule has 7 nitrogen and oxygen atoms in total. The van der Waals surface area contributed by atoms with Crippen molar-refractivity contribution in [3.05, 3.63) is 0 Å². The zero-order chi connectivity index (χ0) is 13.3. The fraction of sp³-hybridized carbons (Fsp3) is 1.00. The number of hydrogen-bond acceptors (Lipinski definition) is 7. The molecular formula is C11H21NO6. The van der Waals surface area contributed by atoms with Crippen molar-refractivity contribution in [1.82, 2.24) is 5.23 Å². The average molecular weight is 263 g/mol. The number of ether oxygens (including phenoxy) is 2. The highest BCUT2D eigenvalue weighted by Gasteiger charge is 2.48. The Labute approximate surface area is 106 Å². The highest BCUT2D eigenvalue weighted by atomic mass is 17.0. The smallest absolute Gasteiger partial charge is 0.181 e. The number of nitrogens with zero attached hydrogens (tertiary/aromatic N) is 1. The van der Waals surface area contributed by atoms with Crippen molar-refractivity contribution in [2.75, 3.05) is 14.2 Å². The molecule has 0 amide bonds. The van der Waals surface area contributed by atoms with Gasteiger partial charge in [0.1, 0.15) is 0 Å². The summed E-state index contributed by atoms with van der Waals surface area (Å²) >= 11 is 0. The average Bonchev–Trinajstić information content (AvgIpc) is 2.79. The Morgan fingerprint density at radius 1 is 1.11 bits per heavy atom. The fourth-order valence-corrected chi connectivity index (χ4v) is 2.50. The molecule has 2 saturated heterocycles. The van der Waals surface area contributed by atoms with Crippen LogP contribution < -0.4 is 0 Å². The molecule has 0 aliphatic carbocycles. The Morgan fingerprint density at radius 2 is 1.67 bits per heavy atom. The van der Waals surface area contributed by atoms with E-state index in [1.165, 1.54) is 12.3 Å². The molecular weight excluding hydrogens is 242 g/mol. The first-order valence-electron chi connectivity index (χ1n) is 6.11. The lowest BCUT2D eigenvalue weighted by molar-refractivity contribution is -0.455. The molecule has 6 atom stereocenters. The molecule has 0 aromatic rings. The summed E-state index contributed by atoms with van der Waals surface area (Å²) in [6, 6.07) is -0.147. The molecule has 0 aromatic carbocycles. The third-order valence-electron chi connectivity index (χ3n) is 3.57. The van der Waals surface area contributed by atoms with Gasteiger partial charge in [0.25, 0.3) is 0 Å². The van der Waals surface area contributed by atoms with Gasteiger partial charge in [-0.3, -0.25) is 0 Å². The lowest BCUT2D eigenvalue weighted by Crippen LogP contribution is -2.51. The molecule has 106 valence electrons. The van der Waals surface area contributed by atoms with Crippen LogP contribution in [-0.4, -0.2) is 60.5 Å². The van der Waals surface area contributed by atoms with Gasteiger partial charge in [0.15, 0.2) is 12.6 Å². The zero-order valence-corrected chi connectivity index (χ0v) is 10.9. The van der Waals surface area contributed by atoms with E-state index in [4.69, 9.17) is 19.1 Å². The van der Waals surface area contributed by atoms with Crippen LogP contribution in [0.15, 0.2) is 0 Å². The molecule has 18 heavy (non-hydrogen) atoms. The van der Waals surface area contributed by atoms with Gasteiger partial charge in [-0.05, 0) is 6.92 Å². The van der Waals surface area contributed by atoms with Crippen molar-refractivity contribution >= 4 is 0 Å². The second-order valence-electron chi connectivity index (χ2n) is 4.76. The van der Waals surface area contributed by atoms with Crippen molar-refractivity contribution in [2.45, 2.75) is 50.6 Å². The quantitative estimate of drug-likeness (QED) is 0.716. The second kappa shape index (κ2) is 5.79. The predicted octanol–water partition coefficient (Wildman–Crippen LogP) is -0.369. The normalized spacial score (nSPS) is 40.5. The minimum Gasteiger partial charge on any atom is -0.391 e. The Morgan fingerprint density at radius 3 is 2.17 bits per heavy atom. The van der Waals surface area contributed by atoms with Crippen LogP contribution in [-0.2, 0) is 19.1 Å². The molecule has 2 N–H and O–H groups in total. The Kier molecular flexibility index (Phi) is 4.54. The SMILES string of the molecule is CO[C@H]1C[C@@H]2[C@H](C(O)C(C)O)C[C@@H](OC)ON2O1. The summed E-state index contributed by atoms with van der Waals surface area (Å²) in [5.74, 6) is -0.191. The molecule has 0 spiro atoms. The summed E-state index contributed by atoms with van der Waals surface area (Å²) < 4.78 is 10.3. The molecule has 0 aromatic heterocycles. The summed E-state index contributed by atoms with van der Waals surface area (Å²) in [6.07, 6.45) is -1.46. The van der Waals surface area contributed by atoms with Crippen molar-refractivity contribution < 1.29 is 29.4 Å². The van der Waals surface area contributed by atoms with Gasteiger partial charge in [-0.25, -0.2) is 9.68 Å². The monoisotopic (exact) mass is 263 g/mol. The number of hydrogen-bond donors (Lipinski definition) is 2. The molecule has 0 radical (unpaired) electrons. The number of rotatable bonds is 4. The topological polar surface area (TPSA) is 80.6 Å². The Balaban J connectivity index is 2.10. The van der Waals surface area contributed by atoms with Gasteiger partial charge in [0, 0.05) is 33.0 Å². The van der Waals surface area contributed by atoms with Crippen molar-refractivity contribution in [1.29, 1.82) is 0 Å². The largest absolute Gasteiger partial charge is 0.391 e. The van der Waals surface area contributed by atoms with E-state index >= 15 is 0 Å². The molecule has 2 aliphatic rings. The molecule has 0 saturated carbocycles. The van der Waals surface area contributed by atoms with Crippen molar-refractivity contribution in [2.24, 2.45) is 5.92 Å². The lowest BCUT2D eigenvalue weighted by atomic mass is 9.85. The molecule has 2 fully saturated rings. The van der Waals surface area contributed by atoms with Crippen LogP contribution in [0.25, 0.3) is 0 Å².